The van der Waals surface area contributed by atoms with Crippen molar-refractivity contribution in [3.05, 3.63) is 0 Å². The molecule has 0 aromatic rings. The van der Waals surface area contributed by atoms with Crippen LogP contribution in [0, 0.1) is 22.7 Å². The van der Waals surface area contributed by atoms with Gasteiger partial charge in [-0.2, -0.15) is 0 Å². The molecular formula is C19H34O. The van der Waals surface area contributed by atoms with Crippen molar-refractivity contribution in [1.82, 2.24) is 0 Å². The molecule has 0 atom stereocenters. The second-order valence-electron chi connectivity index (χ2n) is 9.16. The summed E-state index contributed by atoms with van der Waals surface area (Å²) in [4.78, 5) is 12.3. The Balaban J connectivity index is 1.69. The first-order chi connectivity index (χ1) is 9.26. The van der Waals surface area contributed by atoms with Crippen LogP contribution in [0.3, 0.4) is 0 Å². The molecule has 0 amide bonds. The van der Waals surface area contributed by atoms with Gasteiger partial charge in [0, 0.05) is 12.8 Å². The Labute approximate surface area is 125 Å². The summed E-state index contributed by atoms with van der Waals surface area (Å²) in [5.74, 6) is 1.94. The van der Waals surface area contributed by atoms with Gasteiger partial charge >= 0.3 is 0 Å². The summed E-state index contributed by atoms with van der Waals surface area (Å²) in [6.45, 7) is 9.48. The molecule has 0 heterocycles. The zero-order valence-corrected chi connectivity index (χ0v) is 14.1. The molecule has 2 aliphatic rings. The van der Waals surface area contributed by atoms with E-state index in [0.29, 0.717) is 28.4 Å². The van der Waals surface area contributed by atoms with Crippen molar-refractivity contribution in [3.63, 3.8) is 0 Å². The topological polar surface area (TPSA) is 17.1 Å². The Bertz CT molecular complexity index is 288. The van der Waals surface area contributed by atoms with Crippen molar-refractivity contribution in [1.29, 1.82) is 0 Å². The van der Waals surface area contributed by atoms with E-state index in [1.165, 1.54) is 51.4 Å². The maximum absolute atomic E-state index is 12.3. The molecule has 0 unspecified atom stereocenters. The molecule has 20 heavy (non-hydrogen) atoms. The zero-order valence-electron chi connectivity index (χ0n) is 14.1. The Morgan fingerprint density at radius 2 is 1.05 bits per heavy atom. The monoisotopic (exact) mass is 278 g/mol. The number of Topliss-reactive ketones (excluding diaryl/α,β-unsaturated/α-hetero) is 1. The number of carbonyl (C=O) groups is 1. The van der Waals surface area contributed by atoms with Crippen LogP contribution in [0.25, 0.3) is 0 Å². The molecule has 0 bridgehead atoms. The Morgan fingerprint density at radius 3 is 1.35 bits per heavy atom. The normalized spacial score (nSPS) is 27.4. The standard InChI is InChI=1S/C19H34O/c1-18(2)9-5-15(6-10-18)13-17(20)14-16-7-11-19(3,4)12-8-16/h15-16H,5-14H2,1-4H3. The summed E-state index contributed by atoms with van der Waals surface area (Å²) >= 11 is 0. The minimum Gasteiger partial charge on any atom is -0.300 e. The molecule has 2 aliphatic carbocycles. The molecule has 2 saturated carbocycles. The molecule has 0 aliphatic heterocycles. The van der Waals surface area contributed by atoms with Crippen molar-refractivity contribution in [2.75, 3.05) is 0 Å². The molecule has 0 spiro atoms. The lowest BCUT2D eigenvalue weighted by atomic mass is 9.70. The van der Waals surface area contributed by atoms with Gasteiger partial charge in [-0.05, 0) is 74.0 Å². The van der Waals surface area contributed by atoms with E-state index >= 15 is 0 Å². The number of hydrogen-bond acceptors (Lipinski definition) is 1. The van der Waals surface area contributed by atoms with Gasteiger partial charge < -0.3 is 0 Å². The Morgan fingerprint density at radius 1 is 0.750 bits per heavy atom. The number of hydrogen-bond donors (Lipinski definition) is 0. The molecule has 2 fully saturated rings. The van der Waals surface area contributed by atoms with E-state index < -0.39 is 0 Å². The lowest BCUT2D eigenvalue weighted by Crippen LogP contribution is -2.25. The molecular weight excluding hydrogens is 244 g/mol. The van der Waals surface area contributed by atoms with Gasteiger partial charge in [0.05, 0.1) is 0 Å². The van der Waals surface area contributed by atoms with Gasteiger partial charge in [-0.3, -0.25) is 4.79 Å². The number of carbonyl (C=O) groups excluding carboxylic acids is 1. The number of ketones is 1. The first kappa shape index (κ1) is 16.0. The summed E-state index contributed by atoms with van der Waals surface area (Å²) in [6.07, 6.45) is 12.1. The minimum absolute atomic E-state index is 0.522. The third-order valence-electron chi connectivity index (χ3n) is 5.95. The fourth-order valence-corrected chi connectivity index (χ4v) is 4.05. The van der Waals surface area contributed by atoms with Crippen LogP contribution in [0.4, 0.5) is 0 Å². The highest BCUT2D eigenvalue weighted by molar-refractivity contribution is 5.78. The van der Waals surface area contributed by atoms with Gasteiger partial charge in [-0.15, -0.1) is 0 Å². The molecule has 1 heteroatoms. The average molecular weight is 278 g/mol. The number of rotatable bonds is 4. The van der Waals surface area contributed by atoms with Crippen LogP contribution in [0.15, 0.2) is 0 Å². The zero-order chi connectivity index (χ0) is 14.8. The van der Waals surface area contributed by atoms with E-state index in [4.69, 9.17) is 0 Å². The SMILES string of the molecule is CC1(C)CCC(CC(=O)CC2CCC(C)(C)CC2)CC1. The summed E-state index contributed by atoms with van der Waals surface area (Å²) in [5, 5.41) is 0. The van der Waals surface area contributed by atoms with Crippen LogP contribution in [0.1, 0.15) is 91.9 Å². The Hall–Kier alpha value is -0.330. The summed E-state index contributed by atoms with van der Waals surface area (Å²) in [7, 11) is 0. The summed E-state index contributed by atoms with van der Waals surface area (Å²) in [5.41, 5.74) is 1.04. The molecule has 0 radical (unpaired) electrons. The maximum Gasteiger partial charge on any atom is 0.133 e. The third-order valence-corrected chi connectivity index (χ3v) is 5.95. The van der Waals surface area contributed by atoms with Gasteiger partial charge in [0.25, 0.3) is 0 Å². The van der Waals surface area contributed by atoms with Gasteiger partial charge in [-0.1, -0.05) is 27.7 Å². The van der Waals surface area contributed by atoms with E-state index in [2.05, 4.69) is 27.7 Å². The molecule has 0 N–H and O–H groups in total. The van der Waals surface area contributed by atoms with E-state index in [1.54, 1.807) is 0 Å². The third kappa shape index (κ3) is 4.90. The van der Waals surface area contributed by atoms with Crippen molar-refractivity contribution in [3.8, 4) is 0 Å². The average Bonchev–Trinajstić information content (AvgIpc) is 2.35. The van der Waals surface area contributed by atoms with Crippen molar-refractivity contribution in [2.45, 2.75) is 91.9 Å². The largest absolute Gasteiger partial charge is 0.300 e. The van der Waals surface area contributed by atoms with Crippen LogP contribution < -0.4 is 0 Å². The van der Waals surface area contributed by atoms with E-state index in [1.807, 2.05) is 0 Å². The molecule has 116 valence electrons. The Kier molecular flexibility index (Phi) is 4.97. The van der Waals surface area contributed by atoms with Gasteiger partial charge in [0.1, 0.15) is 5.78 Å². The van der Waals surface area contributed by atoms with Crippen molar-refractivity contribution in [2.24, 2.45) is 22.7 Å². The van der Waals surface area contributed by atoms with Crippen LogP contribution in [-0.4, -0.2) is 5.78 Å². The second kappa shape index (κ2) is 6.20. The van der Waals surface area contributed by atoms with E-state index in [9.17, 15) is 4.79 Å². The summed E-state index contributed by atoms with van der Waals surface area (Å²) < 4.78 is 0. The highest BCUT2D eigenvalue weighted by atomic mass is 16.1. The quantitative estimate of drug-likeness (QED) is 0.638. The minimum atomic E-state index is 0.522. The maximum atomic E-state index is 12.3. The lowest BCUT2D eigenvalue weighted by Gasteiger charge is -2.35. The van der Waals surface area contributed by atoms with Gasteiger partial charge in [0.2, 0.25) is 0 Å². The first-order valence-electron chi connectivity index (χ1n) is 8.77. The molecule has 2 rings (SSSR count). The molecule has 1 nitrogen and oxygen atoms in total. The first-order valence-corrected chi connectivity index (χ1v) is 8.77. The molecule has 0 aromatic carbocycles. The fraction of sp³-hybridized carbons (Fsp3) is 0.947. The van der Waals surface area contributed by atoms with Gasteiger partial charge in [0.15, 0.2) is 0 Å². The fourth-order valence-electron chi connectivity index (χ4n) is 4.05. The second-order valence-corrected chi connectivity index (χ2v) is 9.16. The molecule has 0 aromatic heterocycles. The highest BCUT2D eigenvalue weighted by Gasteiger charge is 2.30. The summed E-state index contributed by atoms with van der Waals surface area (Å²) in [6, 6.07) is 0. The van der Waals surface area contributed by atoms with Crippen LogP contribution in [0.5, 0.6) is 0 Å². The predicted octanol–water partition coefficient (Wildman–Crippen LogP) is 5.77. The van der Waals surface area contributed by atoms with Crippen LogP contribution >= 0.6 is 0 Å². The van der Waals surface area contributed by atoms with E-state index in [-0.39, 0.29) is 0 Å². The van der Waals surface area contributed by atoms with Crippen molar-refractivity contribution < 1.29 is 4.79 Å². The lowest BCUT2D eigenvalue weighted by molar-refractivity contribution is -0.121. The van der Waals surface area contributed by atoms with E-state index in [0.717, 1.165) is 12.8 Å². The highest BCUT2D eigenvalue weighted by Crippen LogP contribution is 2.41. The van der Waals surface area contributed by atoms with Crippen LogP contribution in [-0.2, 0) is 4.79 Å². The predicted molar refractivity (Wildman–Crippen MR) is 85.7 cm³/mol. The molecule has 0 saturated heterocycles. The smallest absolute Gasteiger partial charge is 0.133 e. The van der Waals surface area contributed by atoms with Crippen molar-refractivity contribution >= 4 is 5.78 Å². The van der Waals surface area contributed by atoms with Crippen LogP contribution in [0.2, 0.25) is 0 Å². The van der Waals surface area contributed by atoms with Gasteiger partial charge in [-0.25, -0.2) is 0 Å².